The number of ether oxygens (including phenoxy) is 1. The maximum absolute atomic E-state index is 14.1. The number of nitriles is 1. The second kappa shape index (κ2) is 10.3. The van der Waals surface area contributed by atoms with Gasteiger partial charge in [-0.2, -0.15) is 5.26 Å². The monoisotopic (exact) mass is 357 g/mol. The third kappa shape index (κ3) is 5.66. The molecule has 2 fully saturated rings. The third-order valence-corrected chi connectivity index (χ3v) is 4.61. The lowest BCUT2D eigenvalue weighted by atomic mass is 9.80. The van der Waals surface area contributed by atoms with Crippen LogP contribution in [0.2, 0.25) is 0 Å². The molecular weight excluding hydrogens is 331 g/mol. The molecule has 0 spiro atoms. The number of esters is 1. The molecule has 0 bridgehead atoms. The predicted molar refractivity (Wildman–Crippen MR) is 88.5 cm³/mol. The highest BCUT2D eigenvalue weighted by atomic mass is 19.1. The van der Waals surface area contributed by atoms with Crippen LogP contribution in [0.4, 0.5) is 13.2 Å². The number of alkyl halides is 3. The normalized spacial score (nSPS) is 37.4. The fraction of sp³-hybridized carbons (Fsp3) is 0.789. The molecule has 0 aromatic carbocycles. The number of halogens is 3. The lowest BCUT2D eigenvalue weighted by Crippen LogP contribution is -2.41. The molecule has 0 aliphatic heterocycles. The van der Waals surface area contributed by atoms with Crippen LogP contribution in [0.15, 0.2) is 0 Å². The number of hydrogen-bond acceptors (Lipinski definition) is 3. The van der Waals surface area contributed by atoms with E-state index in [9.17, 15) is 18.0 Å². The van der Waals surface area contributed by atoms with Gasteiger partial charge in [-0.1, -0.05) is 13.8 Å². The molecule has 0 aromatic rings. The summed E-state index contributed by atoms with van der Waals surface area (Å²) in [6.45, 7) is 5.69. The first kappa shape index (κ1) is 21.4. The van der Waals surface area contributed by atoms with Gasteiger partial charge in [-0.3, -0.25) is 4.79 Å². The summed E-state index contributed by atoms with van der Waals surface area (Å²) in [5, 5.41) is 8.71. The zero-order valence-electron chi connectivity index (χ0n) is 15.0. The zero-order valence-corrected chi connectivity index (χ0v) is 15.0. The molecular formula is C19H26F3NO2. The van der Waals surface area contributed by atoms with E-state index in [0.717, 1.165) is 0 Å². The smallest absolute Gasteiger partial charge is 0.312 e. The van der Waals surface area contributed by atoms with Crippen molar-refractivity contribution in [2.75, 3.05) is 0 Å². The highest BCUT2D eigenvalue weighted by Gasteiger charge is 2.42. The van der Waals surface area contributed by atoms with Crippen molar-refractivity contribution in [2.45, 2.75) is 77.5 Å². The van der Waals surface area contributed by atoms with E-state index in [1.54, 1.807) is 13.0 Å². The summed E-state index contributed by atoms with van der Waals surface area (Å²) in [5.74, 6) is 2.64. The first-order chi connectivity index (χ1) is 12.0. The maximum Gasteiger partial charge on any atom is 0.312 e. The van der Waals surface area contributed by atoms with Crippen molar-refractivity contribution >= 4 is 5.97 Å². The Hall–Kier alpha value is -1.69. The van der Waals surface area contributed by atoms with Crippen molar-refractivity contribution in [1.82, 2.24) is 0 Å². The Kier molecular flexibility index (Phi) is 8.83. The van der Waals surface area contributed by atoms with Crippen LogP contribution in [0.5, 0.6) is 0 Å². The molecule has 140 valence electrons. The topological polar surface area (TPSA) is 50.1 Å². The number of hydrogen-bond donors (Lipinski definition) is 0. The number of carbonyl (C=O) groups is 1. The van der Waals surface area contributed by atoms with Crippen LogP contribution in [0.3, 0.4) is 0 Å². The van der Waals surface area contributed by atoms with Crippen molar-refractivity contribution in [2.24, 2.45) is 17.8 Å². The lowest BCUT2D eigenvalue weighted by Gasteiger charge is -2.33. The number of nitrogens with zero attached hydrogens (tertiary/aromatic N) is 1. The van der Waals surface area contributed by atoms with Crippen molar-refractivity contribution < 1.29 is 22.7 Å². The molecule has 0 amide bonds. The number of rotatable bonds is 2. The van der Waals surface area contributed by atoms with E-state index in [0.29, 0.717) is 12.8 Å². The van der Waals surface area contributed by atoms with Crippen LogP contribution in [-0.2, 0) is 9.53 Å². The summed E-state index contributed by atoms with van der Waals surface area (Å²) >= 11 is 0. The SMILES string of the molecule is CC.CC#CC1CCC(C(=O)OC2CC(F)C(C#N)C(F)C2)C(F)C1. The molecule has 3 nitrogen and oxygen atoms in total. The van der Waals surface area contributed by atoms with Gasteiger partial charge >= 0.3 is 5.97 Å². The van der Waals surface area contributed by atoms with E-state index < -0.39 is 42.4 Å². The van der Waals surface area contributed by atoms with Crippen molar-refractivity contribution in [3.05, 3.63) is 0 Å². The predicted octanol–water partition coefficient (Wildman–Crippen LogP) is 4.31. The van der Waals surface area contributed by atoms with Crippen LogP contribution in [0, 0.1) is 40.9 Å². The van der Waals surface area contributed by atoms with Gasteiger partial charge in [0.1, 0.15) is 30.5 Å². The van der Waals surface area contributed by atoms with Crippen molar-refractivity contribution in [3.63, 3.8) is 0 Å². The summed E-state index contributed by atoms with van der Waals surface area (Å²) in [6, 6.07) is 1.60. The molecule has 5 atom stereocenters. The molecule has 2 rings (SSSR count). The van der Waals surface area contributed by atoms with Crippen LogP contribution in [0.25, 0.3) is 0 Å². The van der Waals surface area contributed by atoms with Gasteiger partial charge in [0, 0.05) is 18.8 Å². The standard InChI is InChI=1S/C17H20F3NO2.C2H6/c1-2-3-10-4-5-12(14(18)6-10)17(22)23-11-7-15(19)13(9-21)16(20)8-11;1-2/h10-16H,4-8H2,1H3;1-2H3. The fourth-order valence-corrected chi connectivity index (χ4v) is 3.34. The summed E-state index contributed by atoms with van der Waals surface area (Å²) in [5.41, 5.74) is 0. The Labute approximate surface area is 147 Å². The Morgan fingerprint density at radius 3 is 2.12 bits per heavy atom. The largest absolute Gasteiger partial charge is 0.462 e. The third-order valence-electron chi connectivity index (χ3n) is 4.61. The van der Waals surface area contributed by atoms with Gasteiger partial charge in [-0.05, 0) is 26.2 Å². The summed E-state index contributed by atoms with van der Waals surface area (Å²) in [6.07, 6.45) is -4.92. The van der Waals surface area contributed by atoms with Crippen LogP contribution >= 0.6 is 0 Å². The molecule has 0 aromatic heterocycles. The first-order valence-corrected chi connectivity index (χ1v) is 8.90. The molecule has 25 heavy (non-hydrogen) atoms. The van der Waals surface area contributed by atoms with Gasteiger partial charge in [0.2, 0.25) is 0 Å². The van der Waals surface area contributed by atoms with Crippen LogP contribution in [0.1, 0.15) is 52.9 Å². The summed E-state index contributed by atoms with van der Waals surface area (Å²) in [4.78, 5) is 12.1. The van der Waals surface area contributed by atoms with E-state index in [1.807, 2.05) is 13.8 Å². The zero-order chi connectivity index (χ0) is 19.0. The van der Waals surface area contributed by atoms with E-state index in [1.165, 1.54) is 0 Å². The van der Waals surface area contributed by atoms with E-state index >= 15 is 0 Å². The molecule has 2 aliphatic carbocycles. The van der Waals surface area contributed by atoms with Crippen LogP contribution < -0.4 is 0 Å². The van der Waals surface area contributed by atoms with Gasteiger partial charge < -0.3 is 4.74 Å². The van der Waals surface area contributed by atoms with Gasteiger partial charge in [0.05, 0.1) is 12.0 Å². The summed E-state index contributed by atoms with van der Waals surface area (Å²) < 4.78 is 46.7. The molecule has 2 saturated carbocycles. The van der Waals surface area contributed by atoms with Crippen molar-refractivity contribution in [3.8, 4) is 17.9 Å². The Balaban J connectivity index is 0.00000151. The van der Waals surface area contributed by atoms with E-state index in [4.69, 9.17) is 10.00 Å². The van der Waals surface area contributed by atoms with Crippen LogP contribution in [-0.4, -0.2) is 30.6 Å². The minimum absolute atomic E-state index is 0.0597. The second-order valence-electron chi connectivity index (χ2n) is 6.24. The van der Waals surface area contributed by atoms with E-state index in [-0.39, 0.29) is 25.2 Å². The molecule has 5 unspecified atom stereocenters. The van der Waals surface area contributed by atoms with E-state index in [2.05, 4.69) is 11.8 Å². The lowest BCUT2D eigenvalue weighted by molar-refractivity contribution is -0.162. The Bertz CT molecular complexity index is 525. The van der Waals surface area contributed by atoms with Crippen molar-refractivity contribution in [1.29, 1.82) is 5.26 Å². The minimum atomic E-state index is -1.67. The first-order valence-electron chi connectivity index (χ1n) is 8.90. The molecule has 2 aliphatic rings. The Morgan fingerprint density at radius 1 is 1.04 bits per heavy atom. The fourth-order valence-electron chi connectivity index (χ4n) is 3.34. The number of carbonyl (C=O) groups excluding carboxylic acids is 1. The highest BCUT2D eigenvalue weighted by Crippen LogP contribution is 2.35. The minimum Gasteiger partial charge on any atom is -0.462 e. The van der Waals surface area contributed by atoms with Gasteiger partial charge in [0.15, 0.2) is 0 Å². The molecule has 6 heteroatoms. The molecule has 0 saturated heterocycles. The molecule has 0 N–H and O–H groups in total. The second-order valence-corrected chi connectivity index (χ2v) is 6.24. The Morgan fingerprint density at radius 2 is 1.64 bits per heavy atom. The highest BCUT2D eigenvalue weighted by molar-refractivity contribution is 5.73. The van der Waals surface area contributed by atoms with Gasteiger partial charge in [-0.15, -0.1) is 11.8 Å². The average Bonchev–Trinajstić information content (AvgIpc) is 2.56. The quantitative estimate of drug-likeness (QED) is 0.546. The molecule has 0 heterocycles. The summed E-state index contributed by atoms with van der Waals surface area (Å²) in [7, 11) is 0. The van der Waals surface area contributed by atoms with Gasteiger partial charge in [-0.25, -0.2) is 13.2 Å². The van der Waals surface area contributed by atoms with Gasteiger partial charge in [0.25, 0.3) is 0 Å². The molecule has 0 radical (unpaired) electrons. The maximum atomic E-state index is 14.1. The average molecular weight is 357 g/mol.